The molecule has 0 saturated carbocycles. The summed E-state index contributed by atoms with van der Waals surface area (Å²) in [4.78, 5) is 12.4. The number of amides is 1. The zero-order chi connectivity index (χ0) is 12.3. The minimum absolute atomic E-state index is 0.401. The first-order valence-electron chi connectivity index (χ1n) is 5.39. The second kappa shape index (κ2) is 5.35. The van der Waals surface area contributed by atoms with E-state index in [1.165, 1.54) is 27.2 Å². The number of hydrogen-bond donors (Lipinski definition) is 0. The highest BCUT2D eigenvalue weighted by molar-refractivity contribution is 6.62. The fourth-order valence-electron chi connectivity index (χ4n) is 1.66. The predicted octanol–water partition coefficient (Wildman–Crippen LogP) is 3.44. The van der Waals surface area contributed by atoms with Gasteiger partial charge >= 0.3 is 5.37 Å². The Bertz CT molecular complexity index is 401. The lowest BCUT2D eigenvalue weighted by Crippen LogP contribution is -2.23. The molecule has 0 fully saturated rings. The van der Waals surface area contributed by atoms with Gasteiger partial charge in [-0.05, 0) is 61.0 Å². The first-order chi connectivity index (χ1) is 7.43. The fourth-order valence-corrected chi connectivity index (χ4v) is 1.74. The number of aryl methyl sites for hydroxylation is 1. The predicted molar refractivity (Wildman–Crippen MR) is 68.2 cm³/mol. The van der Waals surface area contributed by atoms with Gasteiger partial charge < -0.3 is 4.90 Å². The normalized spacial score (nSPS) is 10.3. The molecular weight excluding hydrogens is 222 g/mol. The highest BCUT2D eigenvalue weighted by Crippen LogP contribution is 2.17. The molecule has 0 aliphatic carbocycles. The Morgan fingerprint density at radius 3 is 2.44 bits per heavy atom. The Morgan fingerprint density at radius 1 is 1.25 bits per heavy atom. The SMILES string of the molecule is Cc1ccc(CCN(C)C(=O)Cl)c(C)c1C. The Balaban J connectivity index is 2.75. The largest absolute Gasteiger partial charge is 0.332 e. The molecule has 0 saturated heterocycles. The summed E-state index contributed by atoms with van der Waals surface area (Å²) in [6.45, 7) is 7.02. The maximum atomic E-state index is 10.9. The van der Waals surface area contributed by atoms with Gasteiger partial charge in [-0.25, -0.2) is 0 Å². The van der Waals surface area contributed by atoms with E-state index in [1.54, 1.807) is 7.05 Å². The van der Waals surface area contributed by atoms with Gasteiger partial charge in [-0.1, -0.05) is 12.1 Å². The standard InChI is InChI=1S/C13H18ClNO/c1-9-5-6-12(11(3)10(9)2)7-8-15(4)13(14)16/h5-6H,7-8H2,1-4H3. The number of nitrogens with zero attached hydrogens (tertiary/aromatic N) is 1. The number of rotatable bonds is 3. The van der Waals surface area contributed by atoms with Gasteiger partial charge in [-0.3, -0.25) is 4.79 Å². The first kappa shape index (κ1) is 13.0. The van der Waals surface area contributed by atoms with Gasteiger partial charge in [0, 0.05) is 13.6 Å². The van der Waals surface area contributed by atoms with Crippen molar-refractivity contribution in [3.8, 4) is 0 Å². The van der Waals surface area contributed by atoms with Crippen molar-refractivity contribution in [3.05, 3.63) is 34.4 Å². The third-order valence-corrected chi connectivity index (χ3v) is 3.48. The van der Waals surface area contributed by atoms with Crippen molar-refractivity contribution >= 4 is 17.0 Å². The number of carbonyl (C=O) groups excluding carboxylic acids is 1. The zero-order valence-corrected chi connectivity index (χ0v) is 11.1. The number of likely N-dealkylation sites (N-methyl/N-ethyl adjacent to an activating group) is 1. The second-order valence-corrected chi connectivity index (χ2v) is 4.54. The average Bonchev–Trinajstić information content (AvgIpc) is 2.24. The highest BCUT2D eigenvalue weighted by atomic mass is 35.5. The molecule has 88 valence electrons. The minimum Gasteiger partial charge on any atom is -0.332 e. The summed E-state index contributed by atoms with van der Waals surface area (Å²) in [7, 11) is 1.71. The van der Waals surface area contributed by atoms with Crippen LogP contribution in [-0.2, 0) is 6.42 Å². The summed E-state index contributed by atoms with van der Waals surface area (Å²) < 4.78 is 0. The molecule has 0 N–H and O–H groups in total. The maximum absolute atomic E-state index is 10.9. The van der Waals surface area contributed by atoms with Gasteiger partial charge in [0.15, 0.2) is 0 Å². The number of benzene rings is 1. The summed E-state index contributed by atoms with van der Waals surface area (Å²) in [6.07, 6.45) is 0.849. The molecule has 0 aromatic heterocycles. The van der Waals surface area contributed by atoms with Crippen molar-refractivity contribution in [2.45, 2.75) is 27.2 Å². The van der Waals surface area contributed by atoms with Crippen molar-refractivity contribution in [3.63, 3.8) is 0 Å². The fraction of sp³-hybridized carbons (Fsp3) is 0.462. The minimum atomic E-state index is -0.401. The van der Waals surface area contributed by atoms with Gasteiger partial charge in [0.1, 0.15) is 0 Å². The quantitative estimate of drug-likeness (QED) is 0.585. The van der Waals surface area contributed by atoms with Gasteiger partial charge in [-0.2, -0.15) is 0 Å². The molecule has 0 spiro atoms. The van der Waals surface area contributed by atoms with Crippen LogP contribution in [0.4, 0.5) is 4.79 Å². The van der Waals surface area contributed by atoms with Gasteiger partial charge in [0.05, 0.1) is 0 Å². The molecule has 0 radical (unpaired) electrons. The van der Waals surface area contributed by atoms with Crippen LogP contribution >= 0.6 is 11.6 Å². The van der Waals surface area contributed by atoms with Crippen LogP contribution in [0.5, 0.6) is 0 Å². The van der Waals surface area contributed by atoms with Crippen molar-refractivity contribution in [1.82, 2.24) is 4.90 Å². The molecule has 1 amide bonds. The number of halogens is 1. The molecule has 3 heteroatoms. The van der Waals surface area contributed by atoms with Crippen LogP contribution in [0.15, 0.2) is 12.1 Å². The maximum Gasteiger partial charge on any atom is 0.316 e. The Hall–Kier alpha value is -1.02. The molecule has 0 atom stereocenters. The van der Waals surface area contributed by atoms with Gasteiger partial charge in [0.25, 0.3) is 0 Å². The van der Waals surface area contributed by atoms with Gasteiger partial charge in [0.2, 0.25) is 0 Å². The molecule has 1 aromatic rings. The Morgan fingerprint density at radius 2 is 1.88 bits per heavy atom. The number of hydrogen-bond acceptors (Lipinski definition) is 1. The van der Waals surface area contributed by atoms with E-state index < -0.39 is 5.37 Å². The summed E-state index contributed by atoms with van der Waals surface area (Å²) in [6, 6.07) is 4.25. The van der Waals surface area contributed by atoms with Crippen molar-refractivity contribution < 1.29 is 4.79 Å². The van der Waals surface area contributed by atoms with Crippen LogP contribution in [0.2, 0.25) is 0 Å². The summed E-state index contributed by atoms with van der Waals surface area (Å²) in [5.74, 6) is 0. The van der Waals surface area contributed by atoms with E-state index in [9.17, 15) is 4.79 Å². The third-order valence-electron chi connectivity index (χ3n) is 3.19. The van der Waals surface area contributed by atoms with E-state index >= 15 is 0 Å². The topological polar surface area (TPSA) is 20.3 Å². The molecule has 0 unspecified atom stereocenters. The Kier molecular flexibility index (Phi) is 4.36. The van der Waals surface area contributed by atoms with Crippen LogP contribution in [0, 0.1) is 20.8 Å². The molecule has 1 aromatic carbocycles. The lowest BCUT2D eigenvalue weighted by Gasteiger charge is -2.15. The van der Waals surface area contributed by atoms with E-state index in [-0.39, 0.29) is 0 Å². The summed E-state index contributed by atoms with van der Waals surface area (Å²) in [5, 5.41) is -0.401. The average molecular weight is 240 g/mol. The lowest BCUT2D eigenvalue weighted by atomic mass is 9.97. The van der Waals surface area contributed by atoms with Crippen LogP contribution in [0.3, 0.4) is 0 Å². The molecule has 0 bridgehead atoms. The van der Waals surface area contributed by atoms with E-state index in [2.05, 4.69) is 32.9 Å². The van der Waals surface area contributed by atoms with E-state index in [1.807, 2.05) is 0 Å². The van der Waals surface area contributed by atoms with Crippen molar-refractivity contribution in [1.29, 1.82) is 0 Å². The Labute approximate surface area is 102 Å². The monoisotopic (exact) mass is 239 g/mol. The first-order valence-corrected chi connectivity index (χ1v) is 5.77. The lowest BCUT2D eigenvalue weighted by molar-refractivity contribution is 0.232. The molecule has 0 heterocycles. The van der Waals surface area contributed by atoms with Crippen LogP contribution in [0.25, 0.3) is 0 Å². The van der Waals surface area contributed by atoms with E-state index in [0.717, 1.165) is 6.42 Å². The van der Waals surface area contributed by atoms with Crippen LogP contribution in [-0.4, -0.2) is 23.9 Å². The zero-order valence-electron chi connectivity index (χ0n) is 10.3. The molecule has 1 rings (SSSR count). The van der Waals surface area contributed by atoms with E-state index in [4.69, 9.17) is 11.6 Å². The van der Waals surface area contributed by atoms with Crippen molar-refractivity contribution in [2.24, 2.45) is 0 Å². The molecular formula is C13H18ClNO. The summed E-state index contributed by atoms with van der Waals surface area (Å²) in [5.41, 5.74) is 5.24. The molecule has 0 aliphatic heterocycles. The second-order valence-electron chi connectivity index (χ2n) is 4.22. The van der Waals surface area contributed by atoms with Gasteiger partial charge in [-0.15, -0.1) is 0 Å². The third kappa shape index (κ3) is 2.99. The summed E-state index contributed by atoms with van der Waals surface area (Å²) >= 11 is 5.38. The van der Waals surface area contributed by atoms with Crippen LogP contribution in [0.1, 0.15) is 22.3 Å². The van der Waals surface area contributed by atoms with Crippen LogP contribution < -0.4 is 0 Å². The smallest absolute Gasteiger partial charge is 0.316 e. The van der Waals surface area contributed by atoms with E-state index in [0.29, 0.717) is 6.54 Å². The molecule has 16 heavy (non-hydrogen) atoms. The van der Waals surface area contributed by atoms with Crippen molar-refractivity contribution in [2.75, 3.05) is 13.6 Å². The molecule has 2 nitrogen and oxygen atoms in total. The molecule has 0 aliphatic rings. The highest BCUT2D eigenvalue weighted by Gasteiger charge is 2.07. The number of carbonyl (C=O) groups is 1.